The molecule has 0 aromatic heterocycles. The van der Waals surface area contributed by atoms with E-state index in [4.69, 9.17) is 9.47 Å². The number of nitrogens with one attached hydrogen (secondary N) is 2. The van der Waals surface area contributed by atoms with E-state index < -0.39 is 41.6 Å². The van der Waals surface area contributed by atoms with Crippen LogP contribution < -0.4 is 10.6 Å². The van der Waals surface area contributed by atoms with Crippen LogP contribution in [0.25, 0.3) is 0 Å². The fourth-order valence-corrected chi connectivity index (χ4v) is 4.77. The monoisotopic (exact) mass is 597 g/mol. The molecule has 1 saturated carbocycles. The van der Waals surface area contributed by atoms with Crippen LogP contribution in [0.3, 0.4) is 0 Å². The van der Waals surface area contributed by atoms with Gasteiger partial charge in [0.25, 0.3) is 0 Å². The maximum absolute atomic E-state index is 14.5. The van der Waals surface area contributed by atoms with E-state index in [1.165, 1.54) is 23.1 Å². The second kappa shape index (κ2) is 14.3. The fourth-order valence-electron chi connectivity index (χ4n) is 4.77. The molecule has 4 unspecified atom stereocenters. The zero-order valence-electron chi connectivity index (χ0n) is 25.7. The zero-order valence-corrected chi connectivity index (χ0v) is 25.7. The molecule has 11 heteroatoms. The first-order valence-electron chi connectivity index (χ1n) is 14.5. The highest BCUT2D eigenvalue weighted by atomic mass is 16.6. The lowest BCUT2D eigenvalue weighted by atomic mass is 9.98. The Morgan fingerprint density at radius 3 is 2.28 bits per heavy atom. The molecule has 0 bridgehead atoms. The van der Waals surface area contributed by atoms with Gasteiger partial charge in [0.2, 0.25) is 11.8 Å². The van der Waals surface area contributed by atoms with Crippen LogP contribution in [0, 0.1) is 12.8 Å². The highest BCUT2D eigenvalue weighted by Gasteiger charge is 2.48. The Kier molecular flexibility index (Phi) is 11.0. The minimum absolute atomic E-state index is 0.000574. The number of hydrogen-bond donors (Lipinski definition) is 4. The Balaban J connectivity index is 2.02. The number of alkyl carbamates (subject to hydrolysis) is 1. The summed E-state index contributed by atoms with van der Waals surface area (Å²) in [4.78, 5) is 54.6. The molecule has 0 radical (unpaired) electrons. The summed E-state index contributed by atoms with van der Waals surface area (Å²) in [6.07, 6.45) is -0.113. The Morgan fingerprint density at radius 2 is 1.72 bits per heavy atom. The van der Waals surface area contributed by atoms with Crippen LogP contribution in [0.5, 0.6) is 11.5 Å². The summed E-state index contributed by atoms with van der Waals surface area (Å²) >= 11 is 0. The summed E-state index contributed by atoms with van der Waals surface area (Å²) in [5.74, 6) is -1.28. The van der Waals surface area contributed by atoms with Crippen LogP contribution in [0.1, 0.15) is 70.2 Å². The molecule has 4 N–H and O–H groups in total. The van der Waals surface area contributed by atoms with Gasteiger partial charge in [-0.15, -0.1) is 0 Å². The minimum atomic E-state index is -1.12. The summed E-state index contributed by atoms with van der Waals surface area (Å²) < 4.78 is 10.4. The molecule has 234 valence electrons. The van der Waals surface area contributed by atoms with Crippen molar-refractivity contribution in [2.75, 3.05) is 13.2 Å². The van der Waals surface area contributed by atoms with Crippen molar-refractivity contribution in [3.63, 3.8) is 0 Å². The smallest absolute Gasteiger partial charge is 0.408 e. The van der Waals surface area contributed by atoms with E-state index in [-0.39, 0.29) is 49.5 Å². The molecular formula is C32H43N3O8. The van der Waals surface area contributed by atoms with Gasteiger partial charge in [-0.05, 0) is 87.9 Å². The lowest BCUT2D eigenvalue weighted by molar-refractivity contribution is -0.145. The number of phenols is 2. The Hall–Kier alpha value is -4.28. The van der Waals surface area contributed by atoms with E-state index in [1.807, 2.05) is 6.92 Å². The summed E-state index contributed by atoms with van der Waals surface area (Å²) in [5.41, 5.74) is 0.848. The lowest BCUT2D eigenvalue weighted by Crippen LogP contribution is -2.54. The molecule has 0 heterocycles. The molecule has 0 saturated heterocycles. The SMILES string of the molecule is CCOC(=O)CCNC(=O)C(c1ccc(O)c(C)c1)N(C(=O)C(Cc1ccc(O)cc1)NC(=O)OC(C)(C)C)C1CC1C. The molecule has 3 rings (SSSR count). The molecule has 0 spiro atoms. The predicted octanol–water partition coefficient (Wildman–Crippen LogP) is 3.89. The van der Waals surface area contributed by atoms with Gasteiger partial charge >= 0.3 is 12.1 Å². The highest BCUT2D eigenvalue weighted by Crippen LogP contribution is 2.41. The first-order chi connectivity index (χ1) is 20.2. The topological polar surface area (TPSA) is 154 Å². The van der Waals surface area contributed by atoms with Crippen LogP contribution in [-0.2, 0) is 30.3 Å². The third-order valence-corrected chi connectivity index (χ3v) is 7.04. The first-order valence-corrected chi connectivity index (χ1v) is 14.5. The number of aromatic hydroxyl groups is 2. The van der Waals surface area contributed by atoms with Gasteiger partial charge in [-0.1, -0.05) is 25.1 Å². The van der Waals surface area contributed by atoms with Gasteiger partial charge in [-0.25, -0.2) is 4.79 Å². The molecular weight excluding hydrogens is 554 g/mol. The maximum Gasteiger partial charge on any atom is 0.408 e. The van der Waals surface area contributed by atoms with Crippen molar-refractivity contribution < 1.29 is 38.9 Å². The van der Waals surface area contributed by atoms with Crippen molar-refractivity contribution in [1.29, 1.82) is 0 Å². The number of carbonyl (C=O) groups excluding carboxylic acids is 4. The van der Waals surface area contributed by atoms with E-state index in [0.29, 0.717) is 23.1 Å². The van der Waals surface area contributed by atoms with Crippen LogP contribution in [0.2, 0.25) is 0 Å². The van der Waals surface area contributed by atoms with Crippen molar-refractivity contribution in [1.82, 2.24) is 15.5 Å². The number of esters is 1. The number of rotatable bonds is 12. The minimum Gasteiger partial charge on any atom is -0.508 e. The molecule has 2 aromatic rings. The number of phenolic OH excluding ortho intramolecular Hbond substituents is 2. The number of nitrogens with zero attached hydrogens (tertiary/aromatic N) is 1. The zero-order chi connectivity index (χ0) is 31.9. The number of hydrogen-bond acceptors (Lipinski definition) is 8. The van der Waals surface area contributed by atoms with Crippen molar-refractivity contribution in [3.05, 3.63) is 59.2 Å². The number of carbonyl (C=O) groups is 4. The molecule has 1 fully saturated rings. The van der Waals surface area contributed by atoms with Gasteiger partial charge in [-0.3, -0.25) is 14.4 Å². The van der Waals surface area contributed by atoms with Crippen LogP contribution in [-0.4, -0.2) is 69.8 Å². The van der Waals surface area contributed by atoms with Crippen LogP contribution >= 0.6 is 0 Å². The lowest BCUT2D eigenvalue weighted by Gasteiger charge is -2.35. The second-order valence-electron chi connectivity index (χ2n) is 11.9. The number of aryl methyl sites for hydroxylation is 1. The van der Waals surface area contributed by atoms with Gasteiger partial charge in [0.15, 0.2) is 0 Å². The highest BCUT2D eigenvalue weighted by molar-refractivity contribution is 5.93. The van der Waals surface area contributed by atoms with Crippen molar-refractivity contribution >= 4 is 23.9 Å². The van der Waals surface area contributed by atoms with Gasteiger partial charge in [0.1, 0.15) is 29.2 Å². The molecule has 1 aliphatic carbocycles. The maximum atomic E-state index is 14.5. The third-order valence-electron chi connectivity index (χ3n) is 7.04. The van der Waals surface area contributed by atoms with E-state index in [9.17, 15) is 29.4 Å². The van der Waals surface area contributed by atoms with Crippen LogP contribution in [0.4, 0.5) is 4.79 Å². The molecule has 1 aliphatic rings. The normalized spacial score (nSPS) is 17.3. The van der Waals surface area contributed by atoms with E-state index in [1.54, 1.807) is 58.9 Å². The summed E-state index contributed by atoms with van der Waals surface area (Å²) in [5, 5.41) is 25.4. The quantitative estimate of drug-likeness (QED) is 0.269. The Bertz CT molecular complexity index is 1300. The Morgan fingerprint density at radius 1 is 1.07 bits per heavy atom. The Labute approximate surface area is 252 Å². The van der Waals surface area contributed by atoms with Gasteiger partial charge in [0, 0.05) is 19.0 Å². The molecule has 4 atom stereocenters. The molecule has 0 aliphatic heterocycles. The number of amides is 3. The summed E-state index contributed by atoms with van der Waals surface area (Å²) in [6.45, 7) is 10.7. The molecule has 3 amide bonds. The standard InChI is InChI=1S/C32H43N3O8/c1-7-42-27(38)14-15-33-29(39)28(22-10-13-26(37)20(3)16-22)35(25-17-19(25)2)30(40)24(34-31(41)43-32(4,5)6)18-21-8-11-23(36)12-9-21/h8-13,16,19,24-25,28,36-37H,7,14-15,17-18H2,1-6H3,(H,33,39)(H,34,41). The predicted molar refractivity (Wildman–Crippen MR) is 159 cm³/mol. The van der Waals surface area contributed by atoms with Gasteiger partial charge in [-0.2, -0.15) is 0 Å². The average Bonchev–Trinajstić information content (AvgIpc) is 3.64. The number of benzene rings is 2. The van der Waals surface area contributed by atoms with E-state index in [2.05, 4.69) is 10.6 Å². The van der Waals surface area contributed by atoms with Crippen LogP contribution in [0.15, 0.2) is 42.5 Å². The van der Waals surface area contributed by atoms with Gasteiger partial charge < -0.3 is 35.2 Å². The fraction of sp³-hybridized carbons (Fsp3) is 0.500. The molecule has 43 heavy (non-hydrogen) atoms. The third kappa shape index (κ3) is 9.62. The first kappa shape index (κ1) is 33.2. The van der Waals surface area contributed by atoms with Crippen molar-refractivity contribution in [3.8, 4) is 11.5 Å². The molecule has 2 aromatic carbocycles. The van der Waals surface area contributed by atoms with Crippen molar-refractivity contribution in [2.45, 2.75) is 84.5 Å². The van der Waals surface area contributed by atoms with Gasteiger partial charge in [0.05, 0.1) is 13.0 Å². The average molecular weight is 598 g/mol. The number of ether oxygens (including phenoxy) is 2. The van der Waals surface area contributed by atoms with E-state index in [0.717, 1.165) is 0 Å². The van der Waals surface area contributed by atoms with Crippen molar-refractivity contribution in [2.24, 2.45) is 5.92 Å². The largest absolute Gasteiger partial charge is 0.508 e. The van der Waals surface area contributed by atoms with E-state index >= 15 is 0 Å². The summed E-state index contributed by atoms with van der Waals surface area (Å²) in [7, 11) is 0. The second-order valence-corrected chi connectivity index (χ2v) is 11.9. The summed E-state index contributed by atoms with van der Waals surface area (Å²) in [6, 6.07) is 8.45. The molecule has 11 nitrogen and oxygen atoms in total.